The van der Waals surface area contributed by atoms with Gasteiger partial charge in [0.25, 0.3) is 0 Å². The topological polar surface area (TPSA) is 119 Å². The van der Waals surface area contributed by atoms with Crippen LogP contribution >= 0.6 is 11.8 Å². The summed E-state index contributed by atoms with van der Waals surface area (Å²) in [5.74, 6) is 1.96. The van der Waals surface area contributed by atoms with E-state index in [0.29, 0.717) is 16.9 Å². The fourth-order valence-corrected chi connectivity index (χ4v) is 6.43. The van der Waals surface area contributed by atoms with E-state index in [1.165, 1.54) is 18.7 Å². The number of anilines is 1. The maximum Gasteiger partial charge on any atom is 0.167 e. The van der Waals surface area contributed by atoms with Crippen molar-refractivity contribution < 1.29 is 14.9 Å². The van der Waals surface area contributed by atoms with Gasteiger partial charge in [-0.15, -0.1) is 0 Å². The molecule has 138 valence electrons. The van der Waals surface area contributed by atoms with E-state index in [1.54, 1.807) is 16.3 Å². The lowest BCUT2D eigenvalue weighted by Crippen LogP contribution is -2.32. The Morgan fingerprint density at radius 2 is 2.00 bits per heavy atom. The van der Waals surface area contributed by atoms with Gasteiger partial charge < -0.3 is 20.7 Å². The molecule has 4 N–H and O–H groups in total. The highest BCUT2D eigenvalue weighted by atomic mass is 32.2. The van der Waals surface area contributed by atoms with Crippen LogP contribution in [-0.2, 0) is 4.74 Å². The number of nitrogen functional groups attached to an aromatic ring is 1. The van der Waals surface area contributed by atoms with Crippen LogP contribution in [0.5, 0.6) is 0 Å². The summed E-state index contributed by atoms with van der Waals surface area (Å²) in [7, 11) is -1.07. The van der Waals surface area contributed by atoms with Crippen LogP contribution in [0.25, 0.3) is 11.2 Å². The van der Waals surface area contributed by atoms with Gasteiger partial charge in [0.15, 0.2) is 17.7 Å². The van der Waals surface area contributed by atoms with Gasteiger partial charge >= 0.3 is 0 Å². The van der Waals surface area contributed by atoms with Crippen LogP contribution in [0.2, 0.25) is 25.7 Å². The largest absolute Gasteiger partial charge is 0.387 e. The van der Waals surface area contributed by atoms with Crippen molar-refractivity contribution in [3.8, 4) is 0 Å². The zero-order valence-corrected chi connectivity index (χ0v) is 16.5. The Morgan fingerprint density at radius 3 is 2.72 bits per heavy atom. The SMILES string of the molecule is C[Si](C)(C)CCSC[C@H]1O[C@@H](n2cnc3c(N)ncnc32)[C@H](O)[C@@H]1O. The molecule has 25 heavy (non-hydrogen) atoms. The second kappa shape index (κ2) is 7.20. The van der Waals surface area contributed by atoms with Crippen LogP contribution < -0.4 is 5.73 Å². The molecule has 1 fully saturated rings. The van der Waals surface area contributed by atoms with E-state index in [2.05, 4.69) is 34.6 Å². The Morgan fingerprint density at radius 1 is 1.24 bits per heavy atom. The first-order valence-electron chi connectivity index (χ1n) is 8.30. The van der Waals surface area contributed by atoms with E-state index in [4.69, 9.17) is 10.5 Å². The number of aliphatic hydroxyl groups is 2. The van der Waals surface area contributed by atoms with Gasteiger partial charge in [-0.3, -0.25) is 4.57 Å². The predicted octanol–water partition coefficient (Wildman–Crippen LogP) is 1.10. The molecule has 0 radical (unpaired) electrons. The van der Waals surface area contributed by atoms with Gasteiger partial charge in [-0.25, -0.2) is 15.0 Å². The normalized spacial score (nSPS) is 27.2. The van der Waals surface area contributed by atoms with Gasteiger partial charge in [0.1, 0.15) is 24.1 Å². The molecule has 2 aromatic rings. The highest BCUT2D eigenvalue weighted by Gasteiger charge is 2.44. The summed E-state index contributed by atoms with van der Waals surface area (Å²) in [6.45, 7) is 7.02. The van der Waals surface area contributed by atoms with Crippen molar-refractivity contribution >= 4 is 36.8 Å². The number of imidazole rings is 1. The molecular formula is C15H25N5O3SSi. The van der Waals surface area contributed by atoms with E-state index >= 15 is 0 Å². The molecule has 4 atom stereocenters. The minimum Gasteiger partial charge on any atom is -0.387 e. The Kier molecular flexibility index (Phi) is 5.35. The average Bonchev–Trinajstić information content (AvgIpc) is 3.08. The monoisotopic (exact) mass is 383 g/mol. The van der Waals surface area contributed by atoms with Crippen LogP contribution in [0.15, 0.2) is 12.7 Å². The van der Waals surface area contributed by atoms with Crippen molar-refractivity contribution in [1.82, 2.24) is 19.5 Å². The molecule has 3 rings (SSSR count). The molecule has 1 saturated heterocycles. The first kappa shape index (κ1) is 18.6. The number of thioether (sulfide) groups is 1. The zero-order chi connectivity index (χ0) is 18.2. The maximum absolute atomic E-state index is 10.4. The molecule has 0 aromatic carbocycles. The lowest BCUT2D eigenvalue weighted by atomic mass is 10.1. The molecule has 2 aromatic heterocycles. The standard InChI is InChI=1S/C15H25N5O3SSi/c1-25(2,3)5-4-24-6-9-11(21)12(22)15(23-9)20-8-19-10-13(16)17-7-18-14(10)20/h7-9,11-12,15,21-22H,4-6H2,1-3H3,(H2,16,17,18)/t9-,11-,12-,15-/m1/s1. The number of nitrogens with zero attached hydrogens (tertiary/aromatic N) is 4. The lowest BCUT2D eigenvalue weighted by molar-refractivity contribution is -0.0288. The van der Waals surface area contributed by atoms with Gasteiger partial charge in [-0.05, 0) is 11.8 Å². The minimum atomic E-state index is -1.07. The van der Waals surface area contributed by atoms with E-state index < -0.39 is 32.6 Å². The van der Waals surface area contributed by atoms with E-state index in [1.807, 2.05) is 0 Å². The van der Waals surface area contributed by atoms with Crippen molar-refractivity contribution in [2.24, 2.45) is 0 Å². The summed E-state index contributed by atoms with van der Waals surface area (Å²) in [5, 5.41) is 20.8. The number of aliphatic hydroxyl groups excluding tert-OH is 2. The molecule has 0 aliphatic carbocycles. The van der Waals surface area contributed by atoms with Crippen molar-refractivity contribution in [3.63, 3.8) is 0 Å². The van der Waals surface area contributed by atoms with Crippen molar-refractivity contribution in [1.29, 1.82) is 0 Å². The summed E-state index contributed by atoms with van der Waals surface area (Å²) in [5.41, 5.74) is 6.74. The van der Waals surface area contributed by atoms with Gasteiger partial charge in [-0.1, -0.05) is 19.6 Å². The molecule has 1 aliphatic rings. The second-order valence-corrected chi connectivity index (χ2v) is 14.3. The smallest absolute Gasteiger partial charge is 0.167 e. The minimum absolute atomic E-state index is 0.273. The Labute approximate surface area is 151 Å². The Bertz CT molecular complexity index is 738. The highest BCUT2D eigenvalue weighted by Crippen LogP contribution is 2.33. The van der Waals surface area contributed by atoms with E-state index in [9.17, 15) is 10.2 Å². The molecule has 3 heterocycles. The molecule has 10 heteroatoms. The van der Waals surface area contributed by atoms with Crippen LogP contribution in [0.4, 0.5) is 5.82 Å². The third-order valence-corrected chi connectivity index (χ3v) is 7.45. The molecule has 0 bridgehead atoms. The van der Waals surface area contributed by atoms with E-state index in [-0.39, 0.29) is 5.82 Å². The van der Waals surface area contributed by atoms with Gasteiger partial charge in [0.2, 0.25) is 0 Å². The molecule has 0 unspecified atom stereocenters. The van der Waals surface area contributed by atoms with Gasteiger partial charge in [0.05, 0.1) is 12.4 Å². The first-order chi connectivity index (χ1) is 11.8. The lowest BCUT2D eigenvalue weighted by Gasteiger charge is -2.17. The molecule has 0 saturated carbocycles. The summed E-state index contributed by atoms with van der Waals surface area (Å²) >= 11 is 1.76. The summed E-state index contributed by atoms with van der Waals surface area (Å²) in [6, 6.07) is 1.22. The number of hydrogen-bond acceptors (Lipinski definition) is 8. The summed E-state index contributed by atoms with van der Waals surface area (Å²) in [6.07, 6.45) is -0.300. The van der Waals surface area contributed by atoms with Crippen LogP contribution in [0, 0.1) is 0 Å². The third-order valence-electron chi connectivity index (χ3n) is 4.28. The fraction of sp³-hybridized carbons (Fsp3) is 0.667. The quantitative estimate of drug-likeness (QED) is 0.501. The van der Waals surface area contributed by atoms with Gasteiger partial charge in [-0.2, -0.15) is 11.8 Å². The van der Waals surface area contributed by atoms with Crippen LogP contribution in [0.1, 0.15) is 6.23 Å². The van der Waals surface area contributed by atoms with Crippen molar-refractivity contribution in [3.05, 3.63) is 12.7 Å². The second-order valence-electron chi connectivity index (χ2n) is 7.51. The Hall–Kier alpha value is -1.20. The summed E-state index contributed by atoms with van der Waals surface area (Å²) in [4.78, 5) is 12.3. The Balaban J connectivity index is 1.68. The molecular weight excluding hydrogens is 358 g/mol. The first-order valence-corrected chi connectivity index (χ1v) is 13.2. The molecule has 0 amide bonds. The fourth-order valence-electron chi connectivity index (χ4n) is 2.73. The number of aromatic nitrogens is 4. The van der Waals surface area contributed by atoms with E-state index in [0.717, 1.165) is 5.75 Å². The van der Waals surface area contributed by atoms with Crippen LogP contribution in [-0.4, -0.2) is 67.6 Å². The summed E-state index contributed by atoms with van der Waals surface area (Å²) < 4.78 is 7.53. The molecule has 1 aliphatic heterocycles. The number of hydrogen-bond donors (Lipinski definition) is 3. The predicted molar refractivity (Wildman–Crippen MR) is 101 cm³/mol. The molecule has 8 nitrogen and oxygen atoms in total. The van der Waals surface area contributed by atoms with Gasteiger partial charge in [0, 0.05) is 13.8 Å². The van der Waals surface area contributed by atoms with Crippen LogP contribution in [0.3, 0.4) is 0 Å². The average molecular weight is 384 g/mol. The van der Waals surface area contributed by atoms with Crippen molar-refractivity contribution in [2.75, 3.05) is 17.2 Å². The zero-order valence-electron chi connectivity index (χ0n) is 14.7. The molecule has 0 spiro atoms. The highest BCUT2D eigenvalue weighted by molar-refractivity contribution is 7.99. The third kappa shape index (κ3) is 3.98. The maximum atomic E-state index is 10.4. The number of rotatable bonds is 6. The van der Waals surface area contributed by atoms with Crippen molar-refractivity contribution in [2.45, 2.75) is 50.2 Å². The number of ether oxygens (including phenoxy) is 1. The number of nitrogens with two attached hydrogens (primary N) is 1. The number of fused-ring (bicyclic) bond motifs is 1.